The molecule has 2 heterocycles. The number of pyridine rings is 2. The van der Waals surface area contributed by atoms with Crippen molar-refractivity contribution >= 4 is 11.6 Å². The molecule has 0 radical (unpaired) electrons. The van der Waals surface area contributed by atoms with E-state index < -0.39 is 11.3 Å². The van der Waals surface area contributed by atoms with E-state index >= 15 is 0 Å². The van der Waals surface area contributed by atoms with E-state index in [4.69, 9.17) is 0 Å². The first-order chi connectivity index (χ1) is 11.4. The van der Waals surface area contributed by atoms with Crippen LogP contribution >= 0.6 is 0 Å². The summed E-state index contributed by atoms with van der Waals surface area (Å²) in [7, 11) is 1.51. The lowest BCUT2D eigenvalue weighted by Crippen LogP contribution is -2.27. The van der Waals surface area contributed by atoms with Gasteiger partial charge in [0.25, 0.3) is 5.56 Å². The molecule has 1 aliphatic carbocycles. The molecule has 0 saturated heterocycles. The summed E-state index contributed by atoms with van der Waals surface area (Å²) in [6, 6.07) is 2.83. The van der Waals surface area contributed by atoms with Crippen LogP contribution in [-0.4, -0.2) is 21.1 Å². The predicted molar refractivity (Wildman–Crippen MR) is 89.0 cm³/mol. The second-order valence-corrected chi connectivity index (χ2v) is 5.94. The number of H-pyrrole nitrogens is 1. The van der Waals surface area contributed by atoms with Gasteiger partial charge in [0.1, 0.15) is 5.69 Å². The third-order valence-electron chi connectivity index (χ3n) is 4.58. The molecular weight excluding hydrogens is 308 g/mol. The number of carbonyl (C=O) groups is 2. The second kappa shape index (κ2) is 5.70. The Hall–Kier alpha value is -2.76. The average Bonchev–Trinajstić information content (AvgIpc) is 2.66. The smallest absolute Gasteiger partial charge is 0.251 e. The number of fused-ring (bicyclic) bond motifs is 2. The van der Waals surface area contributed by atoms with Gasteiger partial charge in [-0.2, -0.15) is 0 Å². The molecule has 0 amide bonds. The highest BCUT2D eigenvalue weighted by atomic mass is 16.2. The molecule has 0 unspecified atom stereocenters. The highest BCUT2D eigenvalue weighted by Gasteiger charge is 2.32. The summed E-state index contributed by atoms with van der Waals surface area (Å²) in [4.78, 5) is 52.4. The van der Waals surface area contributed by atoms with Crippen molar-refractivity contribution in [3.05, 3.63) is 66.5 Å². The fourth-order valence-corrected chi connectivity index (χ4v) is 3.35. The number of ketones is 2. The maximum atomic E-state index is 13.1. The monoisotopic (exact) mass is 326 g/mol. The number of nitrogens with zero attached hydrogens (tertiary/aromatic N) is 1. The van der Waals surface area contributed by atoms with E-state index in [1.54, 1.807) is 0 Å². The van der Waals surface area contributed by atoms with Crippen LogP contribution in [0.15, 0.2) is 21.7 Å². The van der Waals surface area contributed by atoms with E-state index in [0.717, 1.165) is 0 Å². The summed E-state index contributed by atoms with van der Waals surface area (Å²) >= 11 is 0. The summed E-state index contributed by atoms with van der Waals surface area (Å²) in [6.45, 7) is 3.71. The number of carbonyl (C=O) groups excluding carboxylic acids is 2. The third kappa shape index (κ3) is 2.26. The largest absolute Gasteiger partial charge is 0.318 e. The Morgan fingerprint density at radius 1 is 1.04 bits per heavy atom. The van der Waals surface area contributed by atoms with Crippen molar-refractivity contribution in [3.63, 3.8) is 0 Å². The lowest BCUT2D eigenvalue weighted by Gasteiger charge is -2.13. The van der Waals surface area contributed by atoms with E-state index in [2.05, 4.69) is 4.98 Å². The van der Waals surface area contributed by atoms with Crippen molar-refractivity contribution in [2.75, 3.05) is 0 Å². The average molecular weight is 326 g/mol. The Labute approximate surface area is 138 Å². The SMILES string of the molecule is CCc1cc(=O)n(C)c2c1CC(=O)c1c(CC)cc(=O)[nH]c1C2=O. The number of aromatic nitrogens is 2. The number of aromatic amines is 1. The lowest BCUT2D eigenvalue weighted by atomic mass is 9.97. The van der Waals surface area contributed by atoms with Crippen molar-refractivity contribution in [2.45, 2.75) is 33.1 Å². The van der Waals surface area contributed by atoms with E-state index in [1.165, 1.54) is 23.7 Å². The van der Waals surface area contributed by atoms with Crippen LogP contribution in [0.25, 0.3) is 0 Å². The number of hydrogen-bond acceptors (Lipinski definition) is 4. The van der Waals surface area contributed by atoms with Gasteiger partial charge in [0.05, 0.1) is 5.69 Å². The molecule has 3 rings (SSSR count). The molecule has 1 aliphatic rings. The minimum Gasteiger partial charge on any atom is -0.318 e. The topological polar surface area (TPSA) is 89.0 Å². The first kappa shape index (κ1) is 16.1. The Bertz CT molecular complexity index is 995. The van der Waals surface area contributed by atoms with Crippen molar-refractivity contribution < 1.29 is 9.59 Å². The van der Waals surface area contributed by atoms with Gasteiger partial charge in [0.2, 0.25) is 11.3 Å². The van der Waals surface area contributed by atoms with Crippen molar-refractivity contribution in [3.8, 4) is 0 Å². The minimum absolute atomic E-state index is 0.00801. The summed E-state index contributed by atoms with van der Waals surface area (Å²) in [5.41, 5.74) is 1.56. The maximum Gasteiger partial charge on any atom is 0.251 e. The van der Waals surface area contributed by atoms with Crippen LogP contribution in [-0.2, 0) is 26.3 Å². The van der Waals surface area contributed by atoms with Gasteiger partial charge in [0, 0.05) is 31.2 Å². The minimum atomic E-state index is -0.479. The molecule has 0 atom stereocenters. The highest BCUT2D eigenvalue weighted by molar-refractivity contribution is 6.18. The molecular formula is C18H18N2O4. The molecule has 1 N–H and O–H groups in total. The van der Waals surface area contributed by atoms with Gasteiger partial charge >= 0.3 is 0 Å². The quantitative estimate of drug-likeness (QED) is 0.897. The van der Waals surface area contributed by atoms with E-state index in [-0.39, 0.29) is 34.7 Å². The molecule has 0 bridgehead atoms. The molecule has 0 spiro atoms. The zero-order chi connectivity index (χ0) is 17.6. The molecule has 0 aliphatic heterocycles. The highest BCUT2D eigenvalue weighted by Crippen LogP contribution is 2.26. The van der Waals surface area contributed by atoms with Crippen LogP contribution < -0.4 is 11.1 Å². The fourth-order valence-electron chi connectivity index (χ4n) is 3.35. The van der Waals surface area contributed by atoms with Crippen LogP contribution in [0.4, 0.5) is 0 Å². The van der Waals surface area contributed by atoms with E-state index in [1.807, 2.05) is 13.8 Å². The molecule has 6 heteroatoms. The van der Waals surface area contributed by atoms with E-state index in [9.17, 15) is 19.2 Å². The number of Topliss-reactive ketones (excluding diaryl/α,β-unsaturated/α-hetero) is 1. The van der Waals surface area contributed by atoms with Crippen LogP contribution in [0.5, 0.6) is 0 Å². The molecule has 24 heavy (non-hydrogen) atoms. The van der Waals surface area contributed by atoms with Gasteiger partial charge in [-0.3, -0.25) is 19.2 Å². The van der Waals surface area contributed by atoms with Crippen molar-refractivity contribution in [1.82, 2.24) is 9.55 Å². The van der Waals surface area contributed by atoms with Gasteiger partial charge < -0.3 is 9.55 Å². The number of hydrogen-bond donors (Lipinski definition) is 1. The first-order valence-electron chi connectivity index (χ1n) is 7.94. The number of nitrogens with one attached hydrogen (secondary N) is 1. The number of rotatable bonds is 2. The maximum absolute atomic E-state index is 13.1. The normalized spacial score (nSPS) is 13.5. The van der Waals surface area contributed by atoms with Crippen LogP contribution in [0.3, 0.4) is 0 Å². The summed E-state index contributed by atoms with van der Waals surface area (Å²) in [5, 5.41) is 0. The molecule has 124 valence electrons. The first-order valence-corrected chi connectivity index (χ1v) is 7.94. The second-order valence-electron chi connectivity index (χ2n) is 5.94. The lowest BCUT2D eigenvalue weighted by molar-refractivity contribution is 0.0981. The summed E-state index contributed by atoms with van der Waals surface area (Å²) in [5.74, 6) is -0.688. The Balaban J connectivity index is 2.44. The van der Waals surface area contributed by atoms with Crippen LogP contribution in [0, 0.1) is 0 Å². The van der Waals surface area contributed by atoms with Crippen LogP contribution in [0.1, 0.15) is 57.1 Å². The van der Waals surface area contributed by atoms with Gasteiger partial charge in [0.15, 0.2) is 5.78 Å². The summed E-state index contributed by atoms with van der Waals surface area (Å²) in [6.07, 6.45) is 1.07. The standard InChI is InChI=1S/C18H18N2O4/c1-4-9-7-14(23)20(3)17-11(9)8-12(21)15-10(5-2)6-13(22)19-16(15)18(17)24/h6-7H,4-5,8H2,1-3H3,(H,19,22). The zero-order valence-electron chi connectivity index (χ0n) is 13.9. The van der Waals surface area contributed by atoms with Gasteiger partial charge in [-0.05, 0) is 29.5 Å². The van der Waals surface area contributed by atoms with Gasteiger partial charge in [-0.25, -0.2) is 0 Å². The molecule has 2 aromatic heterocycles. The van der Waals surface area contributed by atoms with Crippen LogP contribution in [0.2, 0.25) is 0 Å². The van der Waals surface area contributed by atoms with E-state index in [0.29, 0.717) is 29.5 Å². The molecule has 6 nitrogen and oxygen atoms in total. The molecule has 0 aromatic carbocycles. The van der Waals surface area contributed by atoms with Crippen molar-refractivity contribution in [1.29, 1.82) is 0 Å². The zero-order valence-corrected chi connectivity index (χ0v) is 13.9. The fraction of sp³-hybridized carbons (Fsp3) is 0.333. The molecule has 2 aromatic rings. The Morgan fingerprint density at radius 2 is 1.71 bits per heavy atom. The predicted octanol–water partition coefficient (Wildman–Crippen LogP) is 1.17. The van der Waals surface area contributed by atoms with Crippen molar-refractivity contribution in [2.24, 2.45) is 7.05 Å². The number of aryl methyl sites for hydroxylation is 2. The molecule has 0 saturated carbocycles. The Morgan fingerprint density at radius 3 is 2.33 bits per heavy atom. The van der Waals surface area contributed by atoms with Gasteiger partial charge in [-0.15, -0.1) is 0 Å². The summed E-state index contributed by atoms with van der Waals surface area (Å²) < 4.78 is 1.26. The Kier molecular flexibility index (Phi) is 3.83. The third-order valence-corrected chi connectivity index (χ3v) is 4.58. The molecule has 0 fully saturated rings. The van der Waals surface area contributed by atoms with Gasteiger partial charge in [-0.1, -0.05) is 13.8 Å².